The second-order valence-corrected chi connectivity index (χ2v) is 8.59. The zero-order valence-corrected chi connectivity index (χ0v) is 18.7. The molecule has 1 aliphatic carbocycles. The van der Waals surface area contributed by atoms with Crippen LogP contribution in [0.25, 0.3) is 0 Å². The number of rotatable bonds is 11. The van der Waals surface area contributed by atoms with E-state index in [0.29, 0.717) is 32.1 Å². The van der Waals surface area contributed by atoms with Gasteiger partial charge in [-0.3, -0.25) is 9.59 Å². The molecule has 4 N–H and O–H groups in total. The molecule has 4 unspecified atom stereocenters. The van der Waals surface area contributed by atoms with E-state index in [4.69, 9.17) is 6.42 Å². The molecule has 0 aliphatic heterocycles. The predicted molar refractivity (Wildman–Crippen MR) is 127 cm³/mol. The van der Waals surface area contributed by atoms with Gasteiger partial charge in [0.25, 0.3) is 0 Å². The van der Waals surface area contributed by atoms with Gasteiger partial charge in [0.1, 0.15) is 0 Å². The molecular formula is C27H32N2O4. The highest BCUT2D eigenvalue weighted by molar-refractivity contribution is 5.80. The number of hydrogen-bond donors (Lipinski definition) is 4. The van der Waals surface area contributed by atoms with E-state index in [0.717, 1.165) is 16.7 Å². The molecule has 2 aromatic rings. The normalized spacial score (nSPS) is 18.6. The Hall–Kier alpha value is -3.14. The van der Waals surface area contributed by atoms with Crippen LogP contribution in [0.15, 0.2) is 54.6 Å². The first-order valence-electron chi connectivity index (χ1n) is 11.5. The standard InChI is InChI=1S/C27H32N2O4/c1-2-3-5-14-25(32)28-18-22(30)16-21(15-19-10-6-4-7-11-19)27(33)29-26-23-13-9-8-12-20(23)17-24(26)31/h1,4,6-13,21-22,24,26,30-31H,3,5,14-18H2,(H,28,32)(H,29,33). The first kappa shape index (κ1) is 24.5. The fourth-order valence-electron chi connectivity index (χ4n) is 4.28. The van der Waals surface area contributed by atoms with Crippen molar-refractivity contribution in [3.8, 4) is 12.3 Å². The monoisotopic (exact) mass is 448 g/mol. The Morgan fingerprint density at radius 2 is 1.85 bits per heavy atom. The largest absolute Gasteiger partial charge is 0.391 e. The van der Waals surface area contributed by atoms with Gasteiger partial charge in [-0.2, -0.15) is 0 Å². The molecule has 4 atom stereocenters. The number of benzene rings is 2. The maximum absolute atomic E-state index is 13.3. The van der Waals surface area contributed by atoms with Crippen LogP contribution in [-0.2, 0) is 22.4 Å². The van der Waals surface area contributed by atoms with Crippen LogP contribution < -0.4 is 10.6 Å². The number of aliphatic hydroxyl groups is 2. The number of unbranched alkanes of at least 4 members (excludes halogenated alkanes) is 1. The van der Waals surface area contributed by atoms with Crippen molar-refractivity contribution in [2.45, 2.75) is 56.8 Å². The van der Waals surface area contributed by atoms with Crippen molar-refractivity contribution < 1.29 is 19.8 Å². The molecule has 2 aromatic carbocycles. The molecule has 1 aliphatic rings. The fourth-order valence-corrected chi connectivity index (χ4v) is 4.28. The van der Waals surface area contributed by atoms with Gasteiger partial charge in [-0.25, -0.2) is 0 Å². The predicted octanol–water partition coefficient (Wildman–Crippen LogP) is 2.29. The summed E-state index contributed by atoms with van der Waals surface area (Å²) in [6.07, 6.45) is 6.22. The Morgan fingerprint density at radius 1 is 1.12 bits per heavy atom. The molecule has 0 fully saturated rings. The van der Waals surface area contributed by atoms with E-state index in [-0.39, 0.29) is 24.8 Å². The average Bonchev–Trinajstić information content (AvgIpc) is 3.13. The number of carbonyl (C=O) groups is 2. The van der Waals surface area contributed by atoms with Crippen LogP contribution in [-0.4, -0.2) is 40.8 Å². The minimum Gasteiger partial charge on any atom is -0.391 e. The van der Waals surface area contributed by atoms with Crippen molar-refractivity contribution in [2.24, 2.45) is 5.92 Å². The molecule has 6 nitrogen and oxygen atoms in total. The number of aliphatic hydroxyl groups excluding tert-OH is 2. The van der Waals surface area contributed by atoms with E-state index < -0.39 is 24.2 Å². The van der Waals surface area contributed by atoms with Crippen molar-refractivity contribution in [2.75, 3.05) is 6.54 Å². The Balaban J connectivity index is 1.63. The van der Waals surface area contributed by atoms with E-state index in [1.807, 2.05) is 54.6 Å². The molecule has 2 amide bonds. The minimum atomic E-state index is -0.873. The van der Waals surface area contributed by atoms with Crippen molar-refractivity contribution in [3.63, 3.8) is 0 Å². The van der Waals surface area contributed by atoms with Gasteiger partial charge in [-0.05, 0) is 36.0 Å². The molecule has 0 spiro atoms. The second-order valence-electron chi connectivity index (χ2n) is 8.59. The number of nitrogens with one attached hydrogen (secondary N) is 2. The first-order chi connectivity index (χ1) is 16.0. The number of carbonyl (C=O) groups excluding carboxylic acids is 2. The van der Waals surface area contributed by atoms with Crippen LogP contribution in [0.5, 0.6) is 0 Å². The number of hydrogen-bond acceptors (Lipinski definition) is 4. The van der Waals surface area contributed by atoms with Crippen LogP contribution in [0.1, 0.15) is 48.4 Å². The number of amides is 2. The van der Waals surface area contributed by atoms with E-state index in [1.54, 1.807) is 0 Å². The highest BCUT2D eigenvalue weighted by atomic mass is 16.3. The van der Waals surface area contributed by atoms with Gasteiger partial charge < -0.3 is 20.8 Å². The zero-order chi connectivity index (χ0) is 23.6. The van der Waals surface area contributed by atoms with Crippen molar-refractivity contribution in [1.82, 2.24) is 10.6 Å². The van der Waals surface area contributed by atoms with Crippen LogP contribution in [0.4, 0.5) is 0 Å². The van der Waals surface area contributed by atoms with E-state index in [2.05, 4.69) is 16.6 Å². The highest BCUT2D eigenvalue weighted by Crippen LogP contribution is 2.31. The van der Waals surface area contributed by atoms with Crippen LogP contribution in [0, 0.1) is 18.3 Å². The third kappa shape index (κ3) is 7.18. The van der Waals surface area contributed by atoms with Crippen molar-refractivity contribution in [1.29, 1.82) is 0 Å². The fraction of sp³-hybridized carbons (Fsp3) is 0.407. The van der Waals surface area contributed by atoms with E-state index in [1.165, 1.54) is 0 Å². The third-order valence-electron chi connectivity index (χ3n) is 6.01. The second kappa shape index (κ2) is 12.2. The number of terminal acetylenes is 1. The van der Waals surface area contributed by atoms with Crippen molar-refractivity contribution in [3.05, 3.63) is 71.3 Å². The maximum atomic E-state index is 13.3. The Labute approximate surface area is 195 Å². The molecule has 174 valence electrons. The quantitative estimate of drug-likeness (QED) is 0.313. The van der Waals surface area contributed by atoms with Crippen LogP contribution in [0.3, 0.4) is 0 Å². The summed E-state index contributed by atoms with van der Waals surface area (Å²) in [7, 11) is 0. The molecule has 0 saturated carbocycles. The zero-order valence-electron chi connectivity index (χ0n) is 18.7. The SMILES string of the molecule is C#CCCCC(=O)NCC(O)CC(Cc1ccccc1)C(=O)NC1c2ccccc2CC1O. The lowest BCUT2D eigenvalue weighted by atomic mass is 9.92. The Morgan fingerprint density at radius 3 is 2.61 bits per heavy atom. The van der Waals surface area contributed by atoms with Gasteiger partial charge in [0.05, 0.1) is 18.2 Å². The highest BCUT2D eigenvalue weighted by Gasteiger charge is 2.34. The van der Waals surface area contributed by atoms with Gasteiger partial charge in [0, 0.05) is 31.7 Å². The molecule has 3 rings (SSSR count). The maximum Gasteiger partial charge on any atom is 0.224 e. The lowest BCUT2D eigenvalue weighted by Crippen LogP contribution is -2.41. The Kier molecular flexibility index (Phi) is 9.05. The van der Waals surface area contributed by atoms with Gasteiger partial charge >= 0.3 is 0 Å². The summed E-state index contributed by atoms with van der Waals surface area (Å²) in [4.78, 5) is 25.2. The molecule has 6 heteroatoms. The Bertz CT molecular complexity index is 970. The lowest BCUT2D eigenvalue weighted by Gasteiger charge is -2.24. The molecule has 0 saturated heterocycles. The smallest absolute Gasteiger partial charge is 0.224 e. The summed E-state index contributed by atoms with van der Waals surface area (Å²) in [6, 6.07) is 16.9. The molecule has 0 radical (unpaired) electrons. The summed E-state index contributed by atoms with van der Waals surface area (Å²) < 4.78 is 0. The average molecular weight is 449 g/mol. The summed E-state index contributed by atoms with van der Waals surface area (Å²) in [5.74, 6) is 1.59. The van der Waals surface area contributed by atoms with Gasteiger partial charge in [0.2, 0.25) is 11.8 Å². The first-order valence-corrected chi connectivity index (χ1v) is 11.5. The minimum absolute atomic E-state index is 0.0718. The van der Waals surface area contributed by atoms with E-state index >= 15 is 0 Å². The van der Waals surface area contributed by atoms with Gasteiger partial charge in [0.15, 0.2) is 0 Å². The number of fused-ring (bicyclic) bond motifs is 1. The van der Waals surface area contributed by atoms with Gasteiger partial charge in [-0.1, -0.05) is 54.6 Å². The van der Waals surface area contributed by atoms with E-state index in [9.17, 15) is 19.8 Å². The topological polar surface area (TPSA) is 98.7 Å². The summed E-state index contributed by atoms with van der Waals surface area (Å²) in [5, 5.41) is 26.8. The van der Waals surface area contributed by atoms with Crippen molar-refractivity contribution >= 4 is 11.8 Å². The molecule has 33 heavy (non-hydrogen) atoms. The molecule has 0 heterocycles. The van der Waals surface area contributed by atoms with Gasteiger partial charge in [-0.15, -0.1) is 12.3 Å². The summed E-state index contributed by atoms with van der Waals surface area (Å²) >= 11 is 0. The molecule has 0 aromatic heterocycles. The third-order valence-corrected chi connectivity index (χ3v) is 6.01. The van der Waals surface area contributed by atoms with Crippen LogP contribution >= 0.6 is 0 Å². The summed E-state index contributed by atoms with van der Waals surface area (Å²) in [6.45, 7) is 0.0718. The molecular weight excluding hydrogens is 416 g/mol. The molecule has 0 bridgehead atoms. The summed E-state index contributed by atoms with van der Waals surface area (Å²) in [5.41, 5.74) is 2.94. The van der Waals surface area contributed by atoms with Crippen LogP contribution in [0.2, 0.25) is 0 Å². The lowest BCUT2D eigenvalue weighted by molar-refractivity contribution is -0.127.